The second-order valence-electron chi connectivity index (χ2n) is 7.41. The van der Waals surface area contributed by atoms with E-state index in [0.29, 0.717) is 11.4 Å². The van der Waals surface area contributed by atoms with Crippen LogP contribution in [0.25, 0.3) is 0 Å². The van der Waals surface area contributed by atoms with Crippen LogP contribution in [0.5, 0.6) is 0 Å². The highest BCUT2D eigenvalue weighted by molar-refractivity contribution is 5.97. The molecule has 0 atom stereocenters. The summed E-state index contributed by atoms with van der Waals surface area (Å²) in [7, 11) is 0. The minimum atomic E-state index is -0.418. The van der Waals surface area contributed by atoms with Crippen molar-refractivity contribution in [3.8, 4) is 0 Å². The zero-order valence-corrected chi connectivity index (χ0v) is 15.3. The van der Waals surface area contributed by atoms with Gasteiger partial charge in [-0.1, -0.05) is 0 Å². The lowest BCUT2D eigenvalue weighted by molar-refractivity contribution is -0.0221. The number of nitrogens with zero attached hydrogens (tertiary/aromatic N) is 4. The minimum absolute atomic E-state index is 0.134. The number of carbonyl (C=O) groups excluding carboxylic acids is 1. The predicted molar refractivity (Wildman–Crippen MR) is 97.9 cm³/mol. The summed E-state index contributed by atoms with van der Waals surface area (Å²) in [5.41, 5.74) is 6.12. The maximum absolute atomic E-state index is 11.6. The van der Waals surface area contributed by atoms with E-state index >= 15 is 0 Å². The van der Waals surface area contributed by atoms with Crippen molar-refractivity contribution >= 4 is 11.7 Å². The van der Waals surface area contributed by atoms with E-state index in [1.54, 1.807) is 18.3 Å². The molecule has 0 saturated carbocycles. The lowest BCUT2D eigenvalue weighted by Gasteiger charge is -2.45. The van der Waals surface area contributed by atoms with Crippen molar-refractivity contribution in [3.63, 3.8) is 0 Å². The Morgan fingerprint density at radius 3 is 2.52 bits per heavy atom. The number of morpholine rings is 1. The summed E-state index contributed by atoms with van der Waals surface area (Å²) in [6.45, 7) is 13.0. The standard InChI is InChI=1S/C18H29N5O2/c1-18(2,23-10-12-25-13-11-23)14-21-6-8-22(9-7-21)17-15(16(19)24)4-3-5-20-17/h3-5H,6-14H2,1-2H3,(H2,19,24). The molecule has 1 aromatic heterocycles. The largest absolute Gasteiger partial charge is 0.379 e. The number of aromatic nitrogens is 1. The van der Waals surface area contributed by atoms with Gasteiger partial charge in [0.1, 0.15) is 5.82 Å². The van der Waals surface area contributed by atoms with Crippen LogP contribution in [0.15, 0.2) is 18.3 Å². The first-order chi connectivity index (χ1) is 12.0. The number of hydrogen-bond acceptors (Lipinski definition) is 6. The smallest absolute Gasteiger partial charge is 0.252 e. The van der Waals surface area contributed by atoms with Crippen LogP contribution in [-0.2, 0) is 4.74 Å². The van der Waals surface area contributed by atoms with Crippen LogP contribution < -0.4 is 10.6 Å². The number of primary amides is 1. The Labute approximate surface area is 149 Å². The van der Waals surface area contributed by atoms with Gasteiger partial charge in [-0.05, 0) is 26.0 Å². The van der Waals surface area contributed by atoms with E-state index < -0.39 is 5.91 Å². The molecule has 2 fully saturated rings. The predicted octanol–water partition coefficient (Wildman–Crippen LogP) is 0.413. The van der Waals surface area contributed by atoms with Crippen molar-refractivity contribution in [1.82, 2.24) is 14.8 Å². The third-order valence-corrected chi connectivity index (χ3v) is 5.20. The monoisotopic (exact) mass is 347 g/mol. The molecule has 25 heavy (non-hydrogen) atoms. The molecule has 0 bridgehead atoms. The lowest BCUT2D eigenvalue weighted by Crippen LogP contribution is -2.58. The summed E-state index contributed by atoms with van der Waals surface area (Å²) in [5.74, 6) is 0.293. The molecule has 2 saturated heterocycles. The molecule has 0 unspecified atom stereocenters. The second kappa shape index (κ2) is 7.68. The van der Waals surface area contributed by atoms with E-state index in [9.17, 15) is 4.79 Å². The van der Waals surface area contributed by atoms with Gasteiger partial charge in [0.05, 0.1) is 18.8 Å². The quantitative estimate of drug-likeness (QED) is 0.832. The van der Waals surface area contributed by atoms with E-state index in [1.165, 1.54) is 0 Å². The highest BCUT2D eigenvalue weighted by Crippen LogP contribution is 2.21. The highest BCUT2D eigenvalue weighted by Gasteiger charge is 2.32. The van der Waals surface area contributed by atoms with Gasteiger partial charge in [0.2, 0.25) is 0 Å². The summed E-state index contributed by atoms with van der Waals surface area (Å²) in [4.78, 5) is 23.2. The van der Waals surface area contributed by atoms with Crippen LogP contribution in [0.3, 0.4) is 0 Å². The molecule has 0 aromatic carbocycles. The fourth-order valence-corrected chi connectivity index (χ4v) is 3.77. The van der Waals surface area contributed by atoms with E-state index in [1.807, 2.05) is 0 Å². The number of rotatable bonds is 5. The molecule has 3 heterocycles. The number of hydrogen-bond donors (Lipinski definition) is 1. The van der Waals surface area contributed by atoms with Gasteiger partial charge in [-0.3, -0.25) is 14.6 Å². The van der Waals surface area contributed by atoms with Gasteiger partial charge in [0.15, 0.2) is 0 Å². The Bertz CT molecular complexity index is 593. The van der Waals surface area contributed by atoms with Gasteiger partial charge in [-0.2, -0.15) is 0 Å². The first-order valence-electron chi connectivity index (χ1n) is 9.02. The van der Waals surface area contributed by atoms with Crippen molar-refractivity contribution in [1.29, 1.82) is 0 Å². The molecule has 1 aromatic rings. The van der Waals surface area contributed by atoms with Crippen molar-refractivity contribution in [2.45, 2.75) is 19.4 Å². The lowest BCUT2D eigenvalue weighted by atomic mass is 10.0. The highest BCUT2D eigenvalue weighted by atomic mass is 16.5. The molecule has 1 amide bonds. The summed E-state index contributed by atoms with van der Waals surface area (Å²) in [6.07, 6.45) is 1.72. The Morgan fingerprint density at radius 2 is 1.88 bits per heavy atom. The number of piperazine rings is 1. The topological polar surface area (TPSA) is 74.9 Å². The van der Waals surface area contributed by atoms with Gasteiger partial charge < -0.3 is 15.4 Å². The van der Waals surface area contributed by atoms with Crippen molar-refractivity contribution in [2.75, 3.05) is 63.9 Å². The number of carbonyl (C=O) groups is 1. The van der Waals surface area contributed by atoms with E-state index in [0.717, 1.165) is 59.0 Å². The molecule has 2 aliphatic heterocycles. The van der Waals surface area contributed by atoms with Crippen LogP contribution in [0.4, 0.5) is 5.82 Å². The van der Waals surface area contributed by atoms with E-state index in [2.05, 4.69) is 33.5 Å². The Kier molecular flexibility index (Phi) is 5.56. The Morgan fingerprint density at radius 1 is 1.20 bits per heavy atom. The van der Waals surface area contributed by atoms with Crippen molar-refractivity contribution in [2.24, 2.45) is 5.73 Å². The fraction of sp³-hybridized carbons (Fsp3) is 0.667. The number of pyridine rings is 1. The molecular weight excluding hydrogens is 318 g/mol. The minimum Gasteiger partial charge on any atom is -0.379 e. The van der Waals surface area contributed by atoms with Gasteiger partial charge in [0, 0.05) is 57.5 Å². The molecule has 0 radical (unpaired) electrons. The van der Waals surface area contributed by atoms with Crippen LogP contribution >= 0.6 is 0 Å². The first kappa shape index (κ1) is 18.1. The molecular formula is C18H29N5O2. The molecule has 0 spiro atoms. The van der Waals surface area contributed by atoms with Gasteiger partial charge in [-0.25, -0.2) is 4.98 Å². The zero-order valence-electron chi connectivity index (χ0n) is 15.3. The summed E-state index contributed by atoms with van der Waals surface area (Å²) < 4.78 is 5.47. The van der Waals surface area contributed by atoms with Gasteiger partial charge in [-0.15, -0.1) is 0 Å². The average molecular weight is 347 g/mol. The van der Waals surface area contributed by atoms with Crippen LogP contribution in [0.2, 0.25) is 0 Å². The van der Waals surface area contributed by atoms with Crippen LogP contribution in [0.1, 0.15) is 24.2 Å². The van der Waals surface area contributed by atoms with Crippen LogP contribution in [0, 0.1) is 0 Å². The van der Waals surface area contributed by atoms with Gasteiger partial charge >= 0.3 is 0 Å². The summed E-state index contributed by atoms with van der Waals surface area (Å²) in [6, 6.07) is 3.50. The van der Waals surface area contributed by atoms with Crippen LogP contribution in [-0.4, -0.2) is 85.3 Å². The van der Waals surface area contributed by atoms with Gasteiger partial charge in [0.25, 0.3) is 5.91 Å². The average Bonchev–Trinajstić information content (AvgIpc) is 2.63. The molecule has 3 rings (SSSR count). The third kappa shape index (κ3) is 4.29. The number of ether oxygens (including phenoxy) is 1. The summed E-state index contributed by atoms with van der Waals surface area (Å²) >= 11 is 0. The second-order valence-corrected chi connectivity index (χ2v) is 7.41. The molecule has 2 aliphatic rings. The molecule has 138 valence electrons. The van der Waals surface area contributed by atoms with Crippen molar-refractivity contribution in [3.05, 3.63) is 23.9 Å². The summed E-state index contributed by atoms with van der Waals surface area (Å²) in [5, 5.41) is 0. The molecule has 7 heteroatoms. The van der Waals surface area contributed by atoms with E-state index in [-0.39, 0.29) is 5.54 Å². The molecule has 2 N–H and O–H groups in total. The normalized spacial score (nSPS) is 20.6. The van der Waals surface area contributed by atoms with E-state index in [4.69, 9.17) is 10.5 Å². The Hall–Kier alpha value is -1.70. The number of nitrogens with two attached hydrogens (primary N) is 1. The third-order valence-electron chi connectivity index (χ3n) is 5.20. The molecule has 7 nitrogen and oxygen atoms in total. The van der Waals surface area contributed by atoms with Crippen molar-refractivity contribution < 1.29 is 9.53 Å². The Balaban J connectivity index is 1.58. The maximum atomic E-state index is 11.6. The number of amides is 1. The molecule has 0 aliphatic carbocycles. The fourth-order valence-electron chi connectivity index (χ4n) is 3.77. The SMILES string of the molecule is CC(C)(CN1CCN(c2ncccc2C(N)=O)CC1)N1CCOCC1. The number of anilines is 1. The zero-order chi connectivity index (χ0) is 17.9. The maximum Gasteiger partial charge on any atom is 0.252 e. The first-order valence-corrected chi connectivity index (χ1v) is 9.02.